The van der Waals surface area contributed by atoms with E-state index in [0.717, 1.165) is 66.3 Å². The molecule has 0 fully saturated rings. The lowest BCUT2D eigenvalue weighted by Gasteiger charge is -2.08. The summed E-state index contributed by atoms with van der Waals surface area (Å²) in [5.74, 6) is 0. The van der Waals surface area contributed by atoms with Crippen LogP contribution in [0.2, 0.25) is 0 Å². The fourth-order valence-electron chi connectivity index (χ4n) is 7.91. The summed E-state index contributed by atoms with van der Waals surface area (Å²) in [5, 5.41) is 6.94. The van der Waals surface area contributed by atoms with E-state index in [1.165, 1.54) is 38.5 Å². The lowest BCUT2D eigenvalue weighted by Crippen LogP contribution is -1.93. The molecule has 3 heterocycles. The largest absolute Gasteiger partial charge is 0.456 e. The standard InChI is InChI=1S/C48H29NO2/c1-3-9-30(10-4-1)31-15-20-43-38(25-31)39-26-32(16-21-44(39)49(43)36-11-5-2-6-12-36)34-18-23-47-41(28-34)42-29-35(19-24-48(42)51-47)33-17-22-46-40(27-33)37-13-7-8-14-45(37)50-46/h1-29H. The summed E-state index contributed by atoms with van der Waals surface area (Å²) >= 11 is 0. The van der Waals surface area contributed by atoms with E-state index in [-0.39, 0.29) is 0 Å². The molecule has 3 nitrogen and oxygen atoms in total. The number of aromatic nitrogens is 1. The van der Waals surface area contributed by atoms with E-state index in [0.29, 0.717) is 0 Å². The number of fused-ring (bicyclic) bond motifs is 9. The van der Waals surface area contributed by atoms with Crippen molar-refractivity contribution in [2.75, 3.05) is 0 Å². The molecule has 8 aromatic carbocycles. The molecule has 0 saturated heterocycles. The van der Waals surface area contributed by atoms with Crippen molar-refractivity contribution in [3.8, 4) is 39.1 Å². The SMILES string of the molecule is c1ccc(-c2ccc3c(c2)c2cc(-c4ccc5oc6ccc(-c7ccc8oc9ccccc9c8c7)cc6c5c4)ccc2n3-c2ccccc2)cc1. The molecule has 51 heavy (non-hydrogen) atoms. The van der Waals surface area contributed by atoms with E-state index < -0.39 is 0 Å². The lowest BCUT2D eigenvalue weighted by atomic mass is 9.98. The van der Waals surface area contributed by atoms with Gasteiger partial charge in [0.05, 0.1) is 11.0 Å². The summed E-state index contributed by atoms with van der Waals surface area (Å²) in [7, 11) is 0. The molecule has 11 aromatic rings. The van der Waals surface area contributed by atoms with Crippen LogP contribution < -0.4 is 0 Å². The van der Waals surface area contributed by atoms with Crippen molar-refractivity contribution in [3.63, 3.8) is 0 Å². The first-order chi connectivity index (χ1) is 25.2. The minimum absolute atomic E-state index is 0.885. The third kappa shape index (κ3) is 4.38. The lowest BCUT2D eigenvalue weighted by molar-refractivity contribution is 0.668. The van der Waals surface area contributed by atoms with Gasteiger partial charge in [-0.1, -0.05) is 97.1 Å². The minimum Gasteiger partial charge on any atom is -0.456 e. The van der Waals surface area contributed by atoms with E-state index >= 15 is 0 Å². The van der Waals surface area contributed by atoms with Gasteiger partial charge in [0.15, 0.2) is 0 Å². The number of hydrogen-bond donors (Lipinski definition) is 0. The van der Waals surface area contributed by atoms with Gasteiger partial charge in [-0.3, -0.25) is 0 Å². The van der Waals surface area contributed by atoms with Crippen LogP contribution in [0.15, 0.2) is 185 Å². The molecule has 0 aliphatic heterocycles. The van der Waals surface area contributed by atoms with Crippen molar-refractivity contribution < 1.29 is 8.83 Å². The van der Waals surface area contributed by atoms with Gasteiger partial charge in [-0.25, -0.2) is 0 Å². The van der Waals surface area contributed by atoms with Gasteiger partial charge in [0, 0.05) is 38.0 Å². The van der Waals surface area contributed by atoms with Gasteiger partial charge in [-0.15, -0.1) is 0 Å². The molecule has 238 valence electrons. The highest BCUT2D eigenvalue weighted by Crippen LogP contribution is 2.40. The Bertz CT molecular complexity index is 3130. The molecule has 3 aromatic heterocycles. The van der Waals surface area contributed by atoms with Gasteiger partial charge >= 0.3 is 0 Å². The number of hydrogen-bond acceptors (Lipinski definition) is 2. The fraction of sp³-hybridized carbons (Fsp3) is 0. The topological polar surface area (TPSA) is 31.2 Å². The fourth-order valence-corrected chi connectivity index (χ4v) is 7.91. The summed E-state index contributed by atoms with van der Waals surface area (Å²) < 4.78 is 14.8. The van der Waals surface area contributed by atoms with Crippen LogP contribution in [-0.4, -0.2) is 4.57 Å². The molecule has 3 heteroatoms. The third-order valence-corrected chi connectivity index (χ3v) is 10.4. The Morgan fingerprint density at radius 2 is 0.667 bits per heavy atom. The van der Waals surface area contributed by atoms with Crippen LogP contribution in [0.1, 0.15) is 0 Å². The van der Waals surface area contributed by atoms with Crippen LogP contribution in [0.3, 0.4) is 0 Å². The Labute approximate surface area is 293 Å². The highest BCUT2D eigenvalue weighted by atomic mass is 16.3. The molecule has 11 rings (SSSR count). The summed E-state index contributed by atoms with van der Waals surface area (Å²) in [6, 6.07) is 62.7. The Kier molecular flexibility index (Phi) is 5.96. The summed E-state index contributed by atoms with van der Waals surface area (Å²) in [5.41, 5.74) is 14.2. The molecule has 0 amide bonds. The zero-order valence-electron chi connectivity index (χ0n) is 27.5. The van der Waals surface area contributed by atoms with Crippen molar-refractivity contribution in [1.82, 2.24) is 4.57 Å². The van der Waals surface area contributed by atoms with Crippen molar-refractivity contribution in [2.24, 2.45) is 0 Å². The first kappa shape index (κ1) is 28.0. The van der Waals surface area contributed by atoms with Gasteiger partial charge in [-0.05, 0) is 112 Å². The van der Waals surface area contributed by atoms with Crippen LogP contribution in [0.5, 0.6) is 0 Å². The van der Waals surface area contributed by atoms with Gasteiger partial charge in [0.1, 0.15) is 22.3 Å². The molecule has 0 N–H and O–H groups in total. The molecular formula is C48H29NO2. The molecule has 0 bridgehead atoms. The molecule has 0 aliphatic rings. The van der Waals surface area contributed by atoms with Crippen molar-refractivity contribution in [1.29, 1.82) is 0 Å². The second-order valence-electron chi connectivity index (χ2n) is 13.3. The van der Waals surface area contributed by atoms with Gasteiger partial charge in [-0.2, -0.15) is 0 Å². The molecule has 0 atom stereocenters. The molecule has 0 saturated carbocycles. The number of nitrogens with zero attached hydrogens (tertiary/aromatic N) is 1. The van der Waals surface area contributed by atoms with Crippen molar-refractivity contribution in [2.45, 2.75) is 0 Å². The van der Waals surface area contributed by atoms with E-state index in [1.54, 1.807) is 0 Å². The highest BCUT2D eigenvalue weighted by molar-refractivity contribution is 6.13. The average Bonchev–Trinajstić information content (AvgIpc) is 3.86. The Balaban J connectivity index is 1.07. The predicted octanol–water partition coefficient (Wildman–Crippen LogP) is 13.6. The number of benzene rings is 8. The smallest absolute Gasteiger partial charge is 0.135 e. The van der Waals surface area contributed by atoms with Crippen molar-refractivity contribution in [3.05, 3.63) is 176 Å². The zero-order valence-corrected chi connectivity index (χ0v) is 27.5. The Morgan fingerprint density at radius 1 is 0.275 bits per heavy atom. The zero-order chi connectivity index (χ0) is 33.5. The van der Waals surface area contributed by atoms with Crippen LogP contribution >= 0.6 is 0 Å². The van der Waals surface area contributed by atoms with E-state index in [2.05, 4.69) is 168 Å². The number of rotatable bonds is 4. The average molecular weight is 652 g/mol. The normalized spacial score (nSPS) is 11.9. The molecule has 0 radical (unpaired) electrons. The van der Waals surface area contributed by atoms with Gasteiger partial charge < -0.3 is 13.4 Å². The molecule has 0 spiro atoms. The Hall–Kier alpha value is -6.84. The van der Waals surface area contributed by atoms with Crippen LogP contribution in [0.25, 0.3) is 105 Å². The second-order valence-corrected chi connectivity index (χ2v) is 13.3. The summed E-state index contributed by atoms with van der Waals surface area (Å²) in [6.45, 7) is 0. The Morgan fingerprint density at radius 3 is 1.22 bits per heavy atom. The van der Waals surface area contributed by atoms with E-state index in [9.17, 15) is 0 Å². The van der Waals surface area contributed by atoms with Crippen LogP contribution in [0.4, 0.5) is 0 Å². The summed E-state index contributed by atoms with van der Waals surface area (Å²) in [4.78, 5) is 0. The monoisotopic (exact) mass is 651 g/mol. The first-order valence-corrected chi connectivity index (χ1v) is 17.3. The van der Waals surface area contributed by atoms with Crippen LogP contribution in [-0.2, 0) is 0 Å². The maximum absolute atomic E-state index is 6.37. The van der Waals surface area contributed by atoms with E-state index in [1.807, 2.05) is 12.1 Å². The second kappa shape index (κ2) is 10.8. The molecule has 0 aliphatic carbocycles. The van der Waals surface area contributed by atoms with Gasteiger partial charge in [0.2, 0.25) is 0 Å². The highest BCUT2D eigenvalue weighted by Gasteiger charge is 2.16. The quantitative estimate of drug-likeness (QED) is 0.190. The molecular weight excluding hydrogens is 623 g/mol. The first-order valence-electron chi connectivity index (χ1n) is 17.3. The number of furan rings is 2. The summed E-state index contributed by atoms with van der Waals surface area (Å²) in [6.07, 6.45) is 0. The van der Waals surface area contributed by atoms with Crippen LogP contribution in [0, 0.1) is 0 Å². The maximum atomic E-state index is 6.37. The van der Waals surface area contributed by atoms with Gasteiger partial charge in [0.25, 0.3) is 0 Å². The van der Waals surface area contributed by atoms with E-state index in [4.69, 9.17) is 8.83 Å². The maximum Gasteiger partial charge on any atom is 0.135 e. The predicted molar refractivity (Wildman–Crippen MR) is 212 cm³/mol. The third-order valence-electron chi connectivity index (χ3n) is 10.4. The molecule has 0 unspecified atom stereocenters. The number of para-hydroxylation sites is 2. The minimum atomic E-state index is 0.885. The van der Waals surface area contributed by atoms with Crippen molar-refractivity contribution >= 4 is 65.7 Å².